The summed E-state index contributed by atoms with van der Waals surface area (Å²) in [5.41, 5.74) is 6.17. The average molecular weight is 761 g/mol. The van der Waals surface area contributed by atoms with Crippen molar-refractivity contribution in [3.63, 3.8) is 0 Å². The summed E-state index contributed by atoms with van der Waals surface area (Å²) in [5, 5.41) is 2.89. The first kappa shape index (κ1) is 37.8. The van der Waals surface area contributed by atoms with Crippen LogP contribution in [-0.4, -0.2) is 52.3 Å². The number of anilines is 2. The lowest BCUT2D eigenvalue weighted by molar-refractivity contribution is -0.137. The molecule has 0 saturated carbocycles. The Balaban J connectivity index is 1.43. The summed E-state index contributed by atoms with van der Waals surface area (Å²) < 4.78 is 61.6. The Hall–Kier alpha value is -5.93. The number of hydrogen-bond donors (Lipinski definition) is 3. The predicted molar refractivity (Wildman–Crippen MR) is 200 cm³/mol. The highest BCUT2D eigenvalue weighted by Crippen LogP contribution is 2.46. The number of pyridine rings is 1. The van der Waals surface area contributed by atoms with Crippen LogP contribution < -0.4 is 35.7 Å². The van der Waals surface area contributed by atoms with Gasteiger partial charge in [-0.2, -0.15) is 13.2 Å². The highest BCUT2D eigenvalue weighted by Gasteiger charge is 2.38. The number of aryl methyl sites for hydroxylation is 1. The summed E-state index contributed by atoms with van der Waals surface area (Å²) in [6.45, 7) is 2.51. The second-order valence-corrected chi connectivity index (χ2v) is 12.6. The van der Waals surface area contributed by atoms with Crippen molar-refractivity contribution in [3.8, 4) is 28.5 Å². The number of H-pyrrole nitrogens is 1. The van der Waals surface area contributed by atoms with Crippen LogP contribution in [-0.2, 0) is 25.8 Å². The Kier molecular flexibility index (Phi) is 11.5. The van der Waals surface area contributed by atoms with Crippen molar-refractivity contribution in [3.05, 3.63) is 123 Å². The van der Waals surface area contributed by atoms with Crippen LogP contribution in [0.5, 0.6) is 17.2 Å². The first-order chi connectivity index (χ1) is 26.0. The van der Waals surface area contributed by atoms with E-state index >= 15 is 0 Å². The van der Waals surface area contributed by atoms with E-state index in [-0.39, 0.29) is 64.9 Å². The van der Waals surface area contributed by atoms with Gasteiger partial charge in [0.2, 0.25) is 0 Å². The summed E-state index contributed by atoms with van der Waals surface area (Å²) in [7, 11) is 3.13. The van der Waals surface area contributed by atoms with Crippen LogP contribution in [0.2, 0.25) is 5.02 Å². The maximum Gasteiger partial charge on any atom is 0.418 e. The molecule has 0 aliphatic carbocycles. The van der Waals surface area contributed by atoms with Crippen LogP contribution in [0.3, 0.4) is 0 Å². The summed E-state index contributed by atoms with van der Waals surface area (Å²) in [6.07, 6.45) is -0.754. The zero-order valence-corrected chi connectivity index (χ0v) is 30.3. The zero-order chi connectivity index (χ0) is 38.4. The number of alkyl halides is 3. The second kappa shape index (κ2) is 16.4. The minimum atomic E-state index is -4.82. The monoisotopic (exact) mass is 760 g/mol. The molecule has 12 nitrogen and oxygen atoms in total. The number of fused-ring (bicyclic) bond motifs is 1. The molecule has 0 atom stereocenters. The molecule has 0 fully saturated rings. The van der Waals surface area contributed by atoms with E-state index in [1.165, 1.54) is 25.4 Å². The third kappa shape index (κ3) is 8.48. The first-order valence-corrected chi connectivity index (χ1v) is 17.0. The predicted octanol–water partition coefficient (Wildman–Crippen LogP) is 6.73. The van der Waals surface area contributed by atoms with Gasteiger partial charge in [-0.15, -0.1) is 0 Å². The molecule has 3 aromatic heterocycles. The molecule has 0 radical (unpaired) electrons. The Morgan fingerprint density at radius 2 is 1.61 bits per heavy atom. The van der Waals surface area contributed by atoms with Gasteiger partial charge in [0.1, 0.15) is 41.5 Å². The Labute approximate surface area is 313 Å². The third-order valence-corrected chi connectivity index (χ3v) is 9.00. The number of aromatic amines is 1. The minimum Gasteiger partial charge on any atom is -0.497 e. The molecule has 0 saturated heterocycles. The number of nitrogens with one attached hydrogen (secondary N) is 2. The van der Waals surface area contributed by atoms with E-state index < -0.39 is 23.0 Å². The van der Waals surface area contributed by atoms with Crippen molar-refractivity contribution >= 4 is 34.1 Å². The van der Waals surface area contributed by atoms with E-state index in [4.69, 9.17) is 31.5 Å². The molecule has 3 heterocycles. The quantitative estimate of drug-likeness (QED) is 0.101. The van der Waals surface area contributed by atoms with Crippen LogP contribution in [0.15, 0.2) is 84.3 Å². The minimum absolute atomic E-state index is 0.0175. The molecule has 0 amide bonds. The number of nitrogen functional groups attached to an aromatic ring is 1. The van der Waals surface area contributed by atoms with Gasteiger partial charge in [-0.25, -0.2) is 19.9 Å². The van der Waals surface area contributed by atoms with Gasteiger partial charge in [-0.05, 0) is 60.0 Å². The van der Waals surface area contributed by atoms with Gasteiger partial charge in [0.25, 0.3) is 5.56 Å². The number of aromatic nitrogens is 5. The van der Waals surface area contributed by atoms with E-state index in [0.29, 0.717) is 29.4 Å². The van der Waals surface area contributed by atoms with Crippen LogP contribution in [0, 0.1) is 6.92 Å². The lowest BCUT2D eigenvalue weighted by Crippen LogP contribution is -2.24. The van der Waals surface area contributed by atoms with E-state index in [2.05, 4.69) is 30.2 Å². The lowest BCUT2D eigenvalue weighted by Gasteiger charge is -2.27. The molecule has 54 heavy (non-hydrogen) atoms. The third-order valence-electron chi connectivity index (χ3n) is 8.62. The number of rotatable bonds is 14. The van der Waals surface area contributed by atoms with Crippen molar-refractivity contribution in [1.82, 2.24) is 30.2 Å². The van der Waals surface area contributed by atoms with Crippen LogP contribution >= 0.6 is 11.6 Å². The molecule has 0 spiro atoms. The van der Waals surface area contributed by atoms with Crippen LogP contribution in [0.1, 0.15) is 27.8 Å². The van der Waals surface area contributed by atoms with Crippen molar-refractivity contribution in [2.45, 2.75) is 32.7 Å². The van der Waals surface area contributed by atoms with Crippen LogP contribution in [0.25, 0.3) is 22.2 Å². The highest BCUT2D eigenvalue weighted by molar-refractivity contribution is 6.36. The van der Waals surface area contributed by atoms with E-state index in [9.17, 15) is 18.0 Å². The van der Waals surface area contributed by atoms with Gasteiger partial charge in [0.15, 0.2) is 5.75 Å². The maximum absolute atomic E-state index is 15.0. The van der Waals surface area contributed by atoms with Gasteiger partial charge < -0.3 is 35.1 Å². The lowest BCUT2D eigenvalue weighted by atomic mass is 9.99. The highest BCUT2D eigenvalue weighted by atomic mass is 35.5. The fraction of sp³-hybridized carbons (Fsp3) is 0.237. The number of nitrogens with zero attached hydrogens (tertiary/aromatic N) is 5. The van der Waals surface area contributed by atoms with Gasteiger partial charge >= 0.3 is 6.18 Å². The number of nitrogens with two attached hydrogens (primary N) is 1. The van der Waals surface area contributed by atoms with Crippen molar-refractivity contribution < 1.29 is 27.4 Å². The van der Waals surface area contributed by atoms with Gasteiger partial charge in [0.05, 0.1) is 42.3 Å². The number of halogens is 4. The van der Waals surface area contributed by atoms with E-state index in [1.54, 1.807) is 20.4 Å². The Morgan fingerprint density at radius 1 is 0.963 bits per heavy atom. The summed E-state index contributed by atoms with van der Waals surface area (Å²) >= 11 is 6.94. The molecule has 6 aromatic rings. The molecule has 0 bridgehead atoms. The first-order valence-electron chi connectivity index (χ1n) is 16.6. The molecule has 280 valence electrons. The molecular weight excluding hydrogens is 725 g/mol. The number of benzene rings is 3. The average Bonchev–Trinajstić information content (AvgIpc) is 3.15. The number of hydrogen-bond acceptors (Lipinski definition) is 11. The smallest absolute Gasteiger partial charge is 0.418 e. The fourth-order valence-electron chi connectivity index (χ4n) is 5.93. The second-order valence-electron chi connectivity index (χ2n) is 12.2. The van der Waals surface area contributed by atoms with Gasteiger partial charge in [0, 0.05) is 43.5 Å². The normalized spacial score (nSPS) is 11.5. The Bertz CT molecular complexity index is 2260. The largest absolute Gasteiger partial charge is 0.497 e. The molecule has 3 aromatic carbocycles. The molecule has 0 unspecified atom stereocenters. The van der Waals surface area contributed by atoms with Crippen molar-refractivity contribution in [2.75, 3.05) is 38.0 Å². The molecule has 6 rings (SSSR count). The topological polar surface area (TPSA) is 153 Å². The van der Waals surface area contributed by atoms with Crippen molar-refractivity contribution in [1.29, 1.82) is 0 Å². The van der Waals surface area contributed by atoms with E-state index in [1.807, 2.05) is 53.4 Å². The maximum atomic E-state index is 15.0. The molecule has 4 N–H and O–H groups in total. The zero-order valence-electron chi connectivity index (χ0n) is 29.5. The fourth-order valence-corrected chi connectivity index (χ4v) is 6.22. The number of ether oxygens (including phenoxy) is 3. The summed E-state index contributed by atoms with van der Waals surface area (Å²) in [6, 6.07) is 17.5. The molecule has 0 aliphatic rings. The summed E-state index contributed by atoms with van der Waals surface area (Å²) in [4.78, 5) is 34.3. The molecular formula is C38H36ClF3N8O4. The van der Waals surface area contributed by atoms with Gasteiger partial charge in [-0.1, -0.05) is 35.9 Å². The van der Waals surface area contributed by atoms with E-state index in [0.717, 1.165) is 17.5 Å². The Morgan fingerprint density at radius 3 is 2.20 bits per heavy atom. The number of methoxy groups -OCH3 is 2. The molecule has 0 aliphatic heterocycles. The summed E-state index contributed by atoms with van der Waals surface area (Å²) in [5.74, 6) is 1.76. The van der Waals surface area contributed by atoms with Crippen molar-refractivity contribution in [2.24, 2.45) is 0 Å². The standard InChI is InChI=1S/C38H36ClF3N8O4/c1-22-14-30(50(18-23-4-8-26(52-2)9-5-23)19-24-6-10-27(53-3)11-7-24)49-34(32(22)38(40,41)42)28-15-29-31(37(51)48-21-46-29)35(33(28)39)54-13-12-44-16-25-17-45-20-47-36(25)43/h4-11,14-15,17,20-21,44H,12-13,16,18-19H2,1-3H3,(H2,43,45,47)(H,46,48,51). The van der Waals surface area contributed by atoms with Crippen LogP contribution in [0.4, 0.5) is 24.8 Å². The van der Waals surface area contributed by atoms with Gasteiger partial charge in [-0.3, -0.25) is 4.79 Å². The SMILES string of the molecule is COc1ccc(CN(Cc2ccc(OC)cc2)c2cc(C)c(C(F)(F)F)c(-c3cc4nc[nH]c(=O)c4c(OCCNCc4cncnc4N)c3Cl)n2)cc1. The molecule has 16 heteroatoms.